The Hall–Kier alpha value is -1.77. The molecule has 0 aliphatic rings. The molecule has 1 aromatic heterocycles. The normalized spacial score (nSPS) is 11.8. The summed E-state index contributed by atoms with van der Waals surface area (Å²) in [6.45, 7) is 0.912. The SMILES string of the molecule is Cc1c(F)cc(CO)cc1S(=O)(=O)NCc1ncc[nH]1. The number of sulfonamides is 1. The Bertz CT molecular complexity index is 699. The van der Waals surface area contributed by atoms with Crippen molar-refractivity contribution in [3.63, 3.8) is 0 Å². The van der Waals surface area contributed by atoms with Crippen LogP contribution in [0.4, 0.5) is 4.39 Å². The molecule has 20 heavy (non-hydrogen) atoms. The van der Waals surface area contributed by atoms with E-state index in [1.807, 2.05) is 0 Å². The van der Waals surface area contributed by atoms with Crippen molar-refractivity contribution in [2.24, 2.45) is 0 Å². The van der Waals surface area contributed by atoms with Crippen LogP contribution in [0.5, 0.6) is 0 Å². The molecule has 8 heteroatoms. The van der Waals surface area contributed by atoms with E-state index in [-0.39, 0.29) is 22.6 Å². The third-order valence-corrected chi connectivity index (χ3v) is 4.34. The molecule has 2 rings (SSSR count). The molecule has 0 amide bonds. The van der Waals surface area contributed by atoms with E-state index in [1.54, 1.807) is 6.20 Å². The monoisotopic (exact) mass is 299 g/mol. The number of nitrogens with zero attached hydrogens (tertiary/aromatic N) is 1. The van der Waals surface area contributed by atoms with Gasteiger partial charge in [0, 0.05) is 18.0 Å². The third-order valence-electron chi connectivity index (χ3n) is 2.81. The standard InChI is InChI=1S/C12H14FN3O3S/c1-8-10(13)4-9(7-17)5-11(8)20(18,19)16-6-12-14-2-3-15-12/h2-5,16-17H,6-7H2,1H3,(H,14,15). The average Bonchev–Trinajstić information content (AvgIpc) is 2.92. The van der Waals surface area contributed by atoms with Crippen molar-refractivity contribution in [3.05, 3.63) is 47.3 Å². The Balaban J connectivity index is 2.31. The fourth-order valence-electron chi connectivity index (χ4n) is 1.71. The van der Waals surface area contributed by atoms with Crippen molar-refractivity contribution in [1.82, 2.24) is 14.7 Å². The fourth-order valence-corrected chi connectivity index (χ4v) is 3.00. The Kier molecular flexibility index (Phi) is 4.17. The van der Waals surface area contributed by atoms with Crippen molar-refractivity contribution in [3.8, 4) is 0 Å². The highest BCUT2D eigenvalue weighted by molar-refractivity contribution is 7.89. The summed E-state index contributed by atoms with van der Waals surface area (Å²) in [7, 11) is -3.88. The topological polar surface area (TPSA) is 95.1 Å². The lowest BCUT2D eigenvalue weighted by Gasteiger charge is -2.11. The summed E-state index contributed by atoms with van der Waals surface area (Å²) in [5.41, 5.74) is 0.209. The molecule has 3 N–H and O–H groups in total. The van der Waals surface area contributed by atoms with Crippen LogP contribution in [0.25, 0.3) is 0 Å². The number of hydrogen-bond acceptors (Lipinski definition) is 4. The number of hydrogen-bond donors (Lipinski definition) is 3. The van der Waals surface area contributed by atoms with Gasteiger partial charge in [-0.25, -0.2) is 22.5 Å². The van der Waals surface area contributed by atoms with E-state index in [0.717, 1.165) is 6.07 Å². The Labute approximate surface area is 115 Å². The van der Waals surface area contributed by atoms with E-state index in [9.17, 15) is 12.8 Å². The molecular weight excluding hydrogens is 285 g/mol. The lowest BCUT2D eigenvalue weighted by molar-refractivity contribution is 0.281. The molecule has 6 nitrogen and oxygen atoms in total. The number of H-pyrrole nitrogens is 1. The number of aromatic amines is 1. The van der Waals surface area contributed by atoms with Crippen molar-refractivity contribution in [1.29, 1.82) is 0 Å². The number of aromatic nitrogens is 2. The first-order valence-corrected chi connectivity index (χ1v) is 7.30. The van der Waals surface area contributed by atoms with Gasteiger partial charge < -0.3 is 10.1 Å². The molecule has 0 aliphatic carbocycles. The van der Waals surface area contributed by atoms with Crippen molar-refractivity contribution in [2.75, 3.05) is 0 Å². The molecule has 0 saturated carbocycles. The molecule has 0 radical (unpaired) electrons. The number of nitrogens with one attached hydrogen (secondary N) is 2. The third kappa shape index (κ3) is 3.03. The second-order valence-corrected chi connectivity index (χ2v) is 5.95. The Morgan fingerprint density at radius 2 is 2.20 bits per heavy atom. The molecule has 108 valence electrons. The number of aliphatic hydroxyl groups excluding tert-OH is 1. The van der Waals surface area contributed by atoms with E-state index in [2.05, 4.69) is 14.7 Å². The average molecular weight is 299 g/mol. The van der Waals surface area contributed by atoms with Crippen LogP contribution in [0.15, 0.2) is 29.4 Å². The molecular formula is C12H14FN3O3S. The summed E-state index contributed by atoms with van der Waals surface area (Å²) in [6.07, 6.45) is 3.07. The second-order valence-electron chi connectivity index (χ2n) is 4.22. The van der Waals surface area contributed by atoms with E-state index < -0.39 is 22.4 Å². The van der Waals surface area contributed by atoms with Gasteiger partial charge in [-0.3, -0.25) is 0 Å². The molecule has 0 fully saturated rings. The van der Waals surface area contributed by atoms with E-state index in [4.69, 9.17) is 5.11 Å². The van der Waals surface area contributed by atoms with Gasteiger partial charge in [0.2, 0.25) is 10.0 Å². The van der Waals surface area contributed by atoms with E-state index in [0.29, 0.717) is 5.82 Å². The van der Waals surface area contributed by atoms with Gasteiger partial charge in [0.15, 0.2) is 0 Å². The van der Waals surface area contributed by atoms with Gasteiger partial charge >= 0.3 is 0 Å². The highest BCUT2D eigenvalue weighted by Gasteiger charge is 2.20. The zero-order valence-electron chi connectivity index (χ0n) is 10.7. The molecule has 0 atom stereocenters. The van der Waals surface area contributed by atoms with Gasteiger partial charge in [0.25, 0.3) is 0 Å². The van der Waals surface area contributed by atoms with Crippen LogP contribution < -0.4 is 4.72 Å². The first kappa shape index (κ1) is 14.6. The quantitative estimate of drug-likeness (QED) is 0.762. The molecule has 0 bridgehead atoms. The highest BCUT2D eigenvalue weighted by atomic mass is 32.2. The molecule has 2 aromatic rings. The number of halogens is 1. The largest absolute Gasteiger partial charge is 0.392 e. The lowest BCUT2D eigenvalue weighted by Crippen LogP contribution is -2.25. The van der Waals surface area contributed by atoms with Crippen LogP contribution in [0.1, 0.15) is 17.0 Å². The van der Waals surface area contributed by atoms with Crippen molar-refractivity contribution >= 4 is 10.0 Å². The van der Waals surface area contributed by atoms with Crippen LogP contribution in [0, 0.1) is 12.7 Å². The molecule has 0 saturated heterocycles. The van der Waals surface area contributed by atoms with Crippen LogP contribution in [-0.4, -0.2) is 23.5 Å². The van der Waals surface area contributed by atoms with E-state index >= 15 is 0 Å². The second kappa shape index (κ2) is 5.70. The van der Waals surface area contributed by atoms with Gasteiger partial charge in [0.1, 0.15) is 11.6 Å². The maximum atomic E-state index is 13.6. The van der Waals surface area contributed by atoms with Crippen LogP contribution in [0.3, 0.4) is 0 Å². The minimum atomic E-state index is -3.88. The van der Waals surface area contributed by atoms with Gasteiger partial charge in [-0.1, -0.05) is 0 Å². The number of benzene rings is 1. The van der Waals surface area contributed by atoms with Gasteiger partial charge in [-0.15, -0.1) is 0 Å². The van der Waals surface area contributed by atoms with E-state index in [1.165, 1.54) is 19.2 Å². The molecule has 1 aromatic carbocycles. The summed E-state index contributed by atoms with van der Waals surface area (Å²) < 4.78 is 40.3. The Morgan fingerprint density at radius 3 is 2.80 bits per heavy atom. The predicted octanol–water partition coefficient (Wildman–Crippen LogP) is 0.828. The maximum absolute atomic E-state index is 13.6. The first-order chi connectivity index (χ1) is 9.44. The van der Waals surface area contributed by atoms with Crippen molar-refractivity contribution < 1.29 is 17.9 Å². The predicted molar refractivity (Wildman–Crippen MR) is 69.7 cm³/mol. The molecule has 0 spiro atoms. The zero-order chi connectivity index (χ0) is 14.8. The summed E-state index contributed by atoms with van der Waals surface area (Å²) in [5, 5.41) is 9.03. The van der Waals surface area contributed by atoms with Gasteiger partial charge in [-0.2, -0.15) is 0 Å². The minimum absolute atomic E-state index is 0.00847. The summed E-state index contributed by atoms with van der Waals surface area (Å²) in [5.74, 6) is -0.222. The van der Waals surface area contributed by atoms with Gasteiger partial charge in [0.05, 0.1) is 18.0 Å². The first-order valence-electron chi connectivity index (χ1n) is 5.82. The number of aliphatic hydroxyl groups is 1. The van der Waals surface area contributed by atoms with Gasteiger partial charge in [-0.05, 0) is 24.6 Å². The van der Waals surface area contributed by atoms with Crippen LogP contribution >= 0.6 is 0 Å². The summed E-state index contributed by atoms with van der Waals surface area (Å²) in [6, 6.07) is 2.36. The molecule has 0 aliphatic heterocycles. The maximum Gasteiger partial charge on any atom is 0.241 e. The van der Waals surface area contributed by atoms with Crippen LogP contribution in [-0.2, 0) is 23.2 Å². The van der Waals surface area contributed by atoms with Crippen LogP contribution in [0.2, 0.25) is 0 Å². The zero-order valence-corrected chi connectivity index (χ0v) is 11.5. The van der Waals surface area contributed by atoms with Crippen molar-refractivity contribution in [2.45, 2.75) is 25.0 Å². The lowest BCUT2D eigenvalue weighted by atomic mass is 10.1. The fraction of sp³-hybridized carbons (Fsp3) is 0.250. The molecule has 0 unspecified atom stereocenters. The number of rotatable bonds is 5. The summed E-state index contributed by atoms with van der Waals surface area (Å²) in [4.78, 5) is 6.46. The Morgan fingerprint density at radius 1 is 1.45 bits per heavy atom. The molecule has 1 heterocycles. The highest BCUT2D eigenvalue weighted by Crippen LogP contribution is 2.20. The minimum Gasteiger partial charge on any atom is -0.392 e. The summed E-state index contributed by atoms with van der Waals surface area (Å²) >= 11 is 0. The smallest absolute Gasteiger partial charge is 0.241 e. The number of imidazole rings is 1.